The maximum absolute atomic E-state index is 12.5. The van der Waals surface area contributed by atoms with E-state index in [1.165, 1.54) is 12.1 Å². The molecule has 0 radical (unpaired) electrons. The highest BCUT2D eigenvalue weighted by Gasteiger charge is 2.32. The van der Waals surface area contributed by atoms with Gasteiger partial charge in [0.15, 0.2) is 0 Å². The second-order valence-corrected chi connectivity index (χ2v) is 7.69. The van der Waals surface area contributed by atoms with E-state index in [9.17, 15) is 13.2 Å². The van der Waals surface area contributed by atoms with E-state index in [1.54, 1.807) is 6.07 Å². The van der Waals surface area contributed by atoms with Crippen molar-refractivity contribution in [2.45, 2.75) is 43.9 Å². The number of hydrogen-bond donors (Lipinski definition) is 2. The molecule has 1 aliphatic carbocycles. The Labute approximate surface area is 134 Å². The zero-order valence-electron chi connectivity index (χ0n) is 12.9. The minimum Gasteiger partial charge on any atom is -0.274 e. The van der Waals surface area contributed by atoms with E-state index in [0.717, 1.165) is 32.1 Å². The Kier molecular flexibility index (Phi) is 4.34. The summed E-state index contributed by atoms with van der Waals surface area (Å²) in [5.74, 6) is -0.354. The van der Waals surface area contributed by atoms with Crippen LogP contribution in [-0.2, 0) is 14.8 Å². The number of benzene rings is 1. The van der Waals surface area contributed by atoms with Gasteiger partial charge in [-0.3, -0.25) is 4.79 Å². The van der Waals surface area contributed by atoms with Gasteiger partial charge in [-0.05, 0) is 37.0 Å². The van der Waals surface area contributed by atoms with E-state index >= 15 is 0 Å². The number of nitrogens with zero attached hydrogens (tertiary/aromatic N) is 2. The number of aromatic amines is 1. The number of aromatic nitrogens is 3. The number of fused-ring (bicyclic) bond motifs is 1. The molecule has 1 heterocycles. The molecular weight excluding hydrogens is 316 g/mol. The Morgan fingerprint density at radius 2 is 2.00 bits per heavy atom. The average Bonchev–Trinajstić information content (AvgIpc) is 3.02. The molecule has 3 rings (SSSR count). The lowest BCUT2D eigenvalue weighted by Gasteiger charge is -2.29. The Morgan fingerprint density at radius 1 is 1.26 bits per heavy atom. The highest BCUT2D eigenvalue weighted by atomic mass is 32.2. The number of nitrogens with one attached hydrogen (secondary N) is 2. The maximum Gasteiger partial charge on any atom is 0.264 e. The summed E-state index contributed by atoms with van der Waals surface area (Å²) in [6, 6.07) is 4.40. The molecule has 1 aliphatic rings. The zero-order valence-corrected chi connectivity index (χ0v) is 13.8. The minimum atomic E-state index is -3.89. The molecule has 1 fully saturated rings. The third-order valence-electron chi connectivity index (χ3n) is 4.60. The van der Waals surface area contributed by atoms with Gasteiger partial charge in [-0.1, -0.05) is 26.2 Å². The van der Waals surface area contributed by atoms with E-state index in [4.69, 9.17) is 0 Å². The third-order valence-corrected chi connectivity index (χ3v) is 5.95. The minimum absolute atomic E-state index is 0.0242. The highest BCUT2D eigenvalue weighted by Crippen LogP contribution is 2.32. The third kappa shape index (κ3) is 3.21. The van der Waals surface area contributed by atoms with Gasteiger partial charge in [-0.2, -0.15) is 15.4 Å². The van der Waals surface area contributed by atoms with Gasteiger partial charge >= 0.3 is 0 Å². The van der Waals surface area contributed by atoms with E-state index in [-0.39, 0.29) is 16.7 Å². The largest absolute Gasteiger partial charge is 0.274 e. The van der Waals surface area contributed by atoms with Crippen molar-refractivity contribution in [3.8, 4) is 0 Å². The standard InChI is InChI=1S/C15H20N4O3S/c1-2-10-5-3-4-6-12(10)15(20)18-23(21,22)11-7-8-13-14(9-11)17-19-16-13/h7-10,12H,2-6H2,1H3,(H,18,20)(H,16,17,19). The number of amides is 1. The molecule has 8 heteroatoms. The van der Waals surface area contributed by atoms with Crippen LogP contribution in [0.2, 0.25) is 0 Å². The van der Waals surface area contributed by atoms with Crippen LogP contribution >= 0.6 is 0 Å². The van der Waals surface area contributed by atoms with Crippen molar-refractivity contribution in [3.63, 3.8) is 0 Å². The molecular formula is C15H20N4O3S. The molecule has 23 heavy (non-hydrogen) atoms. The average molecular weight is 336 g/mol. The predicted octanol–water partition coefficient (Wildman–Crippen LogP) is 1.98. The molecule has 124 valence electrons. The van der Waals surface area contributed by atoms with Crippen LogP contribution in [0.4, 0.5) is 0 Å². The SMILES string of the molecule is CCC1CCCCC1C(=O)NS(=O)(=O)c1ccc2n[nH]nc2c1. The number of carbonyl (C=O) groups excluding carboxylic acids is 1. The van der Waals surface area contributed by atoms with Gasteiger partial charge in [-0.25, -0.2) is 13.1 Å². The molecule has 2 aromatic rings. The molecule has 0 saturated heterocycles. The van der Waals surface area contributed by atoms with E-state index in [0.29, 0.717) is 11.0 Å². The van der Waals surface area contributed by atoms with Crippen LogP contribution in [0.1, 0.15) is 39.0 Å². The van der Waals surface area contributed by atoms with Crippen LogP contribution in [0, 0.1) is 11.8 Å². The lowest BCUT2D eigenvalue weighted by atomic mass is 9.77. The first-order valence-corrected chi connectivity index (χ1v) is 9.37. The molecule has 7 nitrogen and oxygen atoms in total. The Morgan fingerprint density at radius 3 is 2.78 bits per heavy atom. The fourth-order valence-corrected chi connectivity index (χ4v) is 4.34. The summed E-state index contributed by atoms with van der Waals surface area (Å²) in [6.07, 6.45) is 4.71. The monoisotopic (exact) mass is 336 g/mol. The summed E-state index contributed by atoms with van der Waals surface area (Å²) in [5, 5.41) is 10.2. The van der Waals surface area contributed by atoms with Gasteiger partial charge in [0.05, 0.1) is 4.90 Å². The molecule has 0 aliphatic heterocycles. The quantitative estimate of drug-likeness (QED) is 0.888. The topological polar surface area (TPSA) is 105 Å². The van der Waals surface area contributed by atoms with Crippen molar-refractivity contribution < 1.29 is 13.2 Å². The first-order chi connectivity index (χ1) is 11.0. The van der Waals surface area contributed by atoms with E-state index in [1.807, 2.05) is 6.92 Å². The summed E-state index contributed by atoms with van der Waals surface area (Å²) in [6.45, 7) is 2.04. The summed E-state index contributed by atoms with van der Waals surface area (Å²) < 4.78 is 27.1. The molecule has 0 bridgehead atoms. The number of H-pyrrole nitrogens is 1. The number of rotatable bonds is 4. The maximum atomic E-state index is 12.5. The predicted molar refractivity (Wildman–Crippen MR) is 85.0 cm³/mol. The molecule has 2 atom stereocenters. The van der Waals surface area contributed by atoms with E-state index < -0.39 is 15.9 Å². The van der Waals surface area contributed by atoms with Crippen molar-refractivity contribution in [1.29, 1.82) is 0 Å². The molecule has 1 amide bonds. The van der Waals surface area contributed by atoms with Crippen LogP contribution in [0.3, 0.4) is 0 Å². The van der Waals surface area contributed by atoms with Crippen molar-refractivity contribution in [2.75, 3.05) is 0 Å². The molecule has 1 aromatic carbocycles. The van der Waals surface area contributed by atoms with Crippen LogP contribution < -0.4 is 4.72 Å². The smallest absolute Gasteiger partial charge is 0.264 e. The highest BCUT2D eigenvalue weighted by molar-refractivity contribution is 7.90. The Hall–Kier alpha value is -1.96. The van der Waals surface area contributed by atoms with E-state index in [2.05, 4.69) is 20.1 Å². The van der Waals surface area contributed by atoms with Gasteiger partial charge in [0.1, 0.15) is 11.0 Å². The van der Waals surface area contributed by atoms with Gasteiger partial charge in [0, 0.05) is 5.92 Å². The van der Waals surface area contributed by atoms with Gasteiger partial charge in [-0.15, -0.1) is 0 Å². The summed E-state index contributed by atoms with van der Waals surface area (Å²) in [7, 11) is -3.89. The van der Waals surface area contributed by atoms with Gasteiger partial charge in [0.25, 0.3) is 10.0 Å². The molecule has 2 N–H and O–H groups in total. The number of sulfonamides is 1. The first-order valence-electron chi connectivity index (χ1n) is 7.88. The van der Waals surface area contributed by atoms with Gasteiger partial charge < -0.3 is 0 Å². The van der Waals surface area contributed by atoms with Gasteiger partial charge in [0.2, 0.25) is 5.91 Å². The normalized spacial score (nSPS) is 22.1. The Bertz CT molecular complexity index is 815. The summed E-state index contributed by atoms with van der Waals surface area (Å²) >= 11 is 0. The van der Waals surface area contributed by atoms with Crippen molar-refractivity contribution >= 4 is 27.0 Å². The fraction of sp³-hybridized carbons (Fsp3) is 0.533. The van der Waals surface area contributed by atoms with Crippen LogP contribution in [0.5, 0.6) is 0 Å². The van der Waals surface area contributed by atoms with Crippen molar-refractivity contribution in [2.24, 2.45) is 11.8 Å². The summed E-state index contributed by atoms with van der Waals surface area (Å²) in [5.41, 5.74) is 1.03. The van der Waals surface area contributed by atoms with Crippen LogP contribution in [-0.4, -0.2) is 29.7 Å². The second kappa shape index (κ2) is 6.27. The van der Waals surface area contributed by atoms with Crippen LogP contribution in [0.15, 0.2) is 23.1 Å². The molecule has 2 unspecified atom stereocenters. The number of hydrogen-bond acceptors (Lipinski definition) is 5. The number of carbonyl (C=O) groups is 1. The fourth-order valence-electron chi connectivity index (χ4n) is 3.30. The zero-order chi connectivity index (χ0) is 16.4. The molecule has 1 saturated carbocycles. The van der Waals surface area contributed by atoms with Crippen LogP contribution in [0.25, 0.3) is 11.0 Å². The lowest BCUT2D eigenvalue weighted by Crippen LogP contribution is -2.39. The lowest BCUT2D eigenvalue weighted by molar-refractivity contribution is -0.125. The van der Waals surface area contributed by atoms with Crippen molar-refractivity contribution in [1.82, 2.24) is 20.1 Å². The van der Waals surface area contributed by atoms with Crippen molar-refractivity contribution in [3.05, 3.63) is 18.2 Å². The first kappa shape index (κ1) is 15.9. The molecule has 1 aromatic heterocycles. The Balaban J connectivity index is 1.80. The molecule has 0 spiro atoms. The second-order valence-electron chi connectivity index (χ2n) is 6.00. The summed E-state index contributed by atoms with van der Waals surface area (Å²) in [4.78, 5) is 12.5.